The van der Waals surface area contributed by atoms with Gasteiger partial charge in [-0.1, -0.05) is 0 Å². The molecular weight excluding hydrogens is 212 g/mol. The molecule has 0 spiro atoms. The van der Waals surface area contributed by atoms with Gasteiger partial charge in [-0.25, -0.2) is 12.7 Å². The normalized spacial score (nSPS) is 24.5. The molecule has 0 bridgehead atoms. The first-order valence-electron chi connectivity index (χ1n) is 5.70. The minimum atomic E-state index is -3.06. The zero-order chi connectivity index (χ0) is 11.1. The van der Waals surface area contributed by atoms with Crippen molar-refractivity contribution in [2.75, 3.05) is 19.3 Å². The lowest BCUT2D eigenvalue weighted by molar-refractivity contribution is 0.340. The predicted molar refractivity (Wildman–Crippen MR) is 59.8 cm³/mol. The van der Waals surface area contributed by atoms with E-state index < -0.39 is 10.0 Å². The molecule has 0 saturated heterocycles. The Morgan fingerprint density at radius 3 is 2.33 bits per heavy atom. The lowest BCUT2D eigenvalue weighted by Gasteiger charge is -2.26. The first-order chi connectivity index (χ1) is 7.04. The topological polar surface area (TPSA) is 63.4 Å². The van der Waals surface area contributed by atoms with E-state index >= 15 is 0 Å². The number of nitrogens with zero attached hydrogens (tertiary/aromatic N) is 1. The van der Waals surface area contributed by atoms with Crippen LogP contribution in [0.4, 0.5) is 0 Å². The Labute approximate surface area is 91.9 Å². The zero-order valence-electron chi connectivity index (χ0n) is 9.22. The fraction of sp³-hybridized carbons (Fsp3) is 1.00. The number of nitrogens with two attached hydrogens (primary N) is 1. The van der Waals surface area contributed by atoms with E-state index in [1.54, 1.807) is 7.05 Å². The lowest BCUT2D eigenvalue weighted by Crippen LogP contribution is -2.44. The molecule has 2 aliphatic carbocycles. The van der Waals surface area contributed by atoms with Crippen LogP contribution in [-0.2, 0) is 10.0 Å². The first-order valence-corrected chi connectivity index (χ1v) is 7.31. The van der Waals surface area contributed by atoms with Gasteiger partial charge in [0.15, 0.2) is 0 Å². The van der Waals surface area contributed by atoms with Crippen molar-refractivity contribution in [1.82, 2.24) is 4.31 Å². The monoisotopic (exact) mass is 232 g/mol. The van der Waals surface area contributed by atoms with Crippen molar-refractivity contribution < 1.29 is 8.42 Å². The van der Waals surface area contributed by atoms with Gasteiger partial charge >= 0.3 is 0 Å². The van der Waals surface area contributed by atoms with E-state index in [2.05, 4.69) is 0 Å². The highest BCUT2D eigenvalue weighted by atomic mass is 32.2. The molecule has 2 N–H and O–H groups in total. The van der Waals surface area contributed by atoms with E-state index in [1.807, 2.05) is 0 Å². The smallest absolute Gasteiger partial charge is 0.214 e. The van der Waals surface area contributed by atoms with Crippen LogP contribution in [0.1, 0.15) is 25.7 Å². The second-order valence-corrected chi connectivity index (χ2v) is 6.95. The molecule has 1 unspecified atom stereocenters. The number of hydrogen-bond acceptors (Lipinski definition) is 3. The standard InChI is InChI=1S/C10H20N2O2S/c1-12(10(6-11)9-4-5-9)15(13,14)7-8-2-3-8/h8-10H,2-7,11H2,1H3. The maximum atomic E-state index is 12.0. The molecule has 0 aromatic heterocycles. The SMILES string of the molecule is CN(C(CN)C1CC1)S(=O)(=O)CC1CC1. The average Bonchev–Trinajstić information content (AvgIpc) is 2.96. The van der Waals surface area contributed by atoms with Crippen LogP contribution in [0.5, 0.6) is 0 Å². The summed E-state index contributed by atoms with van der Waals surface area (Å²) in [5.41, 5.74) is 5.65. The van der Waals surface area contributed by atoms with Crippen LogP contribution in [0, 0.1) is 11.8 Å². The van der Waals surface area contributed by atoms with Gasteiger partial charge in [-0.05, 0) is 37.5 Å². The number of sulfonamides is 1. The van der Waals surface area contributed by atoms with Gasteiger partial charge in [-0.3, -0.25) is 0 Å². The average molecular weight is 232 g/mol. The Morgan fingerprint density at radius 1 is 1.33 bits per heavy atom. The molecule has 0 amide bonds. The van der Waals surface area contributed by atoms with Crippen LogP contribution >= 0.6 is 0 Å². The Bertz CT molecular complexity index is 320. The summed E-state index contributed by atoms with van der Waals surface area (Å²) in [7, 11) is -1.37. The van der Waals surface area contributed by atoms with Crippen molar-refractivity contribution in [3.05, 3.63) is 0 Å². The minimum Gasteiger partial charge on any atom is -0.329 e. The molecule has 0 aliphatic heterocycles. The largest absolute Gasteiger partial charge is 0.329 e. The van der Waals surface area contributed by atoms with E-state index in [0.717, 1.165) is 25.7 Å². The van der Waals surface area contributed by atoms with Crippen LogP contribution in [-0.4, -0.2) is 38.1 Å². The van der Waals surface area contributed by atoms with Gasteiger partial charge in [-0.15, -0.1) is 0 Å². The Morgan fingerprint density at radius 2 is 1.93 bits per heavy atom. The summed E-state index contributed by atoms with van der Waals surface area (Å²) in [6.45, 7) is 0.449. The Kier molecular flexibility index (Phi) is 3.05. The van der Waals surface area contributed by atoms with Crippen molar-refractivity contribution in [3.8, 4) is 0 Å². The quantitative estimate of drug-likeness (QED) is 0.721. The van der Waals surface area contributed by atoms with Gasteiger partial charge in [0.2, 0.25) is 10.0 Å². The van der Waals surface area contributed by atoms with E-state index in [1.165, 1.54) is 4.31 Å². The molecule has 2 rings (SSSR count). The predicted octanol–water partition coefficient (Wildman–Crippen LogP) is 0.395. The summed E-state index contributed by atoms with van der Waals surface area (Å²) < 4.78 is 25.5. The Balaban J connectivity index is 1.99. The van der Waals surface area contributed by atoms with E-state index in [4.69, 9.17) is 5.73 Å². The second-order valence-electron chi connectivity index (χ2n) is 4.88. The molecule has 0 aromatic rings. The van der Waals surface area contributed by atoms with E-state index in [9.17, 15) is 8.42 Å². The summed E-state index contributed by atoms with van der Waals surface area (Å²) in [4.78, 5) is 0. The molecule has 1 atom stereocenters. The van der Waals surface area contributed by atoms with Crippen molar-refractivity contribution in [2.24, 2.45) is 17.6 Å². The molecule has 88 valence electrons. The first kappa shape index (κ1) is 11.4. The van der Waals surface area contributed by atoms with Crippen LogP contribution < -0.4 is 5.73 Å². The maximum absolute atomic E-state index is 12.0. The van der Waals surface area contributed by atoms with Gasteiger partial charge in [0, 0.05) is 19.6 Å². The summed E-state index contributed by atoms with van der Waals surface area (Å²) in [6.07, 6.45) is 4.41. The summed E-state index contributed by atoms with van der Waals surface area (Å²) in [5.74, 6) is 1.25. The van der Waals surface area contributed by atoms with E-state index in [0.29, 0.717) is 24.1 Å². The molecule has 2 aliphatic rings. The molecule has 15 heavy (non-hydrogen) atoms. The second kappa shape index (κ2) is 4.03. The van der Waals surface area contributed by atoms with E-state index in [-0.39, 0.29) is 6.04 Å². The van der Waals surface area contributed by atoms with Crippen LogP contribution in [0.15, 0.2) is 0 Å². The third-order valence-electron chi connectivity index (χ3n) is 3.46. The number of hydrogen-bond donors (Lipinski definition) is 1. The fourth-order valence-corrected chi connectivity index (χ4v) is 3.86. The summed E-state index contributed by atoms with van der Waals surface area (Å²) in [5, 5.41) is 0. The molecule has 2 fully saturated rings. The van der Waals surface area contributed by atoms with Crippen molar-refractivity contribution >= 4 is 10.0 Å². The Hall–Kier alpha value is -0.130. The molecule has 4 nitrogen and oxygen atoms in total. The summed E-state index contributed by atoms with van der Waals surface area (Å²) >= 11 is 0. The van der Waals surface area contributed by atoms with Crippen LogP contribution in [0.25, 0.3) is 0 Å². The third kappa shape index (κ3) is 2.71. The van der Waals surface area contributed by atoms with Gasteiger partial charge in [0.05, 0.1) is 5.75 Å². The number of likely N-dealkylation sites (N-methyl/N-ethyl adjacent to an activating group) is 1. The van der Waals surface area contributed by atoms with Crippen LogP contribution in [0.3, 0.4) is 0 Å². The third-order valence-corrected chi connectivity index (χ3v) is 5.50. The molecule has 5 heteroatoms. The minimum absolute atomic E-state index is 0.0359. The number of rotatable bonds is 6. The molecule has 0 aromatic carbocycles. The fourth-order valence-electron chi connectivity index (χ4n) is 2.03. The maximum Gasteiger partial charge on any atom is 0.214 e. The van der Waals surface area contributed by atoms with Gasteiger partial charge < -0.3 is 5.73 Å². The van der Waals surface area contributed by atoms with Crippen LogP contribution in [0.2, 0.25) is 0 Å². The lowest BCUT2D eigenvalue weighted by atomic mass is 10.2. The molecule has 0 radical (unpaired) electrons. The van der Waals surface area contributed by atoms with Crippen molar-refractivity contribution in [3.63, 3.8) is 0 Å². The zero-order valence-corrected chi connectivity index (χ0v) is 10.0. The molecule has 0 heterocycles. The van der Waals surface area contributed by atoms with Crippen molar-refractivity contribution in [2.45, 2.75) is 31.7 Å². The molecular formula is C10H20N2O2S. The van der Waals surface area contributed by atoms with Crippen molar-refractivity contribution in [1.29, 1.82) is 0 Å². The van der Waals surface area contributed by atoms with Gasteiger partial charge in [-0.2, -0.15) is 0 Å². The highest BCUT2D eigenvalue weighted by Crippen LogP contribution is 2.37. The molecule has 2 saturated carbocycles. The summed E-state index contributed by atoms with van der Waals surface area (Å²) in [6, 6.07) is 0.0359. The van der Waals surface area contributed by atoms with Gasteiger partial charge in [0.1, 0.15) is 0 Å². The highest BCUT2D eigenvalue weighted by Gasteiger charge is 2.39. The highest BCUT2D eigenvalue weighted by molar-refractivity contribution is 7.89. The van der Waals surface area contributed by atoms with Gasteiger partial charge in [0.25, 0.3) is 0 Å².